The first-order chi connectivity index (χ1) is 15.1. The highest BCUT2D eigenvalue weighted by atomic mass is 35.5. The van der Waals surface area contributed by atoms with Crippen LogP contribution in [0.3, 0.4) is 0 Å². The first kappa shape index (κ1) is 21.2. The molecule has 0 aliphatic carbocycles. The molecule has 0 amide bonds. The maximum atomic E-state index is 9.71. The number of rotatable bonds is 8. The van der Waals surface area contributed by atoms with Gasteiger partial charge in [-0.2, -0.15) is 0 Å². The van der Waals surface area contributed by atoms with Crippen molar-refractivity contribution >= 4 is 28.3 Å². The normalized spacial score (nSPS) is 12.1. The summed E-state index contributed by atoms with van der Waals surface area (Å²) in [5, 5.41) is 13.9. The molecule has 3 aromatic carbocycles. The minimum absolute atomic E-state index is 0.0700. The Kier molecular flexibility index (Phi) is 6.44. The SMILES string of the molecule is CCOc1ccc(NC(C)c2nc3cc(Cl)ccc3n2Cc2ccccc2)cc1CO. The van der Waals surface area contributed by atoms with Gasteiger partial charge in [0, 0.05) is 22.8 Å². The molecule has 4 aromatic rings. The molecule has 1 heterocycles. The lowest BCUT2D eigenvalue weighted by Crippen LogP contribution is -2.15. The highest BCUT2D eigenvalue weighted by Gasteiger charge is 2.18. The van der Waals surface area contributed by atoms with E-state index >= 15 is 0 Å². The Balaban J connectivity index is 1.68. The maximum Gasteiger partial charge on any atom is 0.132 e. The quantitative estimate of drug-likeness (QED) is 0.367. The summed E-state index contributed by atoms with van der Waals surface area (Å²) in [7, 11) is 0. The number of hydrogen-bond acceptors (Lipinski definition) is 4. The van der Waals surface area contributed by atoms with Gasteiger partial charge in [0.05, 0.1) is 30.3 Å². The van der Waals surface area contributed by atoms with Crippen molar-refractivity contribution in [2.45, 2.75) is 33.0 Å². The van der Waals surface area contributed by atoms with Gasteiger partial charge in [-0.1, -0.05) is 41.9 Å². The van der Waals surface area contributed by atoms with Gasteiger partial charge in [0.2, 0.25) is 0 Å². The minimum atomic E-state index is -0.0791. The lowest BCUT2D eigenvalue weighted by Gasteiger charge is -2.19. The van der Waals surface area contributed by atoms with Crippen molar-refractivity contribution in [3.05, 3.63) is 88.7 Å². The van der Waals surface area contributed by atoms with Crippen LogP contribution in [0.5, 0.6) is 5.75 Å². The van der Waals surface area contributed by atoms with Gasteiger partial charge in [-0.15, -0.1) is 0 Å². The number of benzene rings is 3. The Morgan fingerprint density at radius 2 is 1.90 bits per heavy atom. The molecular weight excluding hydrogens is 410 g/mol. The molecule has 1 atom stereocenters. The van der Waals surface area contributed by atoms with Crippen molar-refractivity contribution in [2.24, 2.45) is 0 Å². The second-order valence-electron chi connectivity index (χ2n) is 7.45. The van der Waals surface area contributed by atoms with Crippen molar-refractivity contribution in [3.63, 3.8) is 0 Å². The van der Waals surface area contributed by atoms with Crippen LogP contribution in [0.1, 0.15) is 36.8 Å². The molecule has 0 radical (unpaired) electrons. The molecule has 160 valence electrons. The molecule has 2 N–H and O–H groups in total. The van der Waals surface area contributed by atoms with Crippen molar-refractivity contribution < 1.29 is 9.84 Å². The molecule has 0 aliphatic heterocycles. The molecule has 1 unspecified atom stereocenters. The van der Waals surface area contributed by atoms with Crippen LogP contribution in [-0.2, 0) is 13.2 Å². The number of imidazole rings is 1. The standard InChI is InChI=1S/C25H26ClN3O2/c1-3-31-24-12-10-21(13-19(24)16-30)27-17(2)25-28-22-14-20(26)9-11-23(22)29(25)15-18-7-5-4-6-8-18/h4-14,17,27,30H,3,15-16H2,1-2H3. The van der Waals surface area contributed by atoms with Crippen LogP contribution in [0, 0.1) is 0 Å². The third-order valence-electron chi connectivity index (χ3n) is 5.22. The molecular formula is C25H26ClN3O2. The van der Waals surface area contributed by atoms with Crippen LogP contribution in [0.2, 0.25) is 5.02 Å². The minimum Gasteiger partial charge on any atom is -0.494 e. The molecule has 0 bridgehead atoms. The number of aromatic nitrogens is 2. The number of fused-ring (bicyclic) bond motifs is 1. The Morgan fingerprint density at radius 3 is 2.65 bits per heavy atom. The van der Waals surface area contributed by atoms with E-state index in [1.54, 1.807) is 0 Å². The molecule has 0 fully saturated rings. The molecule has 5 nitrogen and oxygen atoms in total. The van der Waals surface area contributed by atoms with Gasteiger partial charge in [-0.05, 0) is 55.8 Å². The summed E-state index contributed by atoms with van der Waals surface area (Å²) in [5.41, 5.74) is 4.77. The average molecular weight is 436 g/mol. The summed E-state index contributed by atoms with van der Waals surface area (Å²) in [4.78, 5) is 4.90. The van der Waals surface area contributed by atoms with E-state index in [4.69, 9.17) is 21.3 Å². The fraction of sp³-hybridized carbons (Fsp3) is 0.240. The Labute approximate surface area is 187 Å². The monoisotopic (exact) mass is 435 g/mol. The number of ether oxygens (including phenoxy) is 1. The highest BCUT2D eigenvalue weighted by Crippen LogP contribution is 2.29. The lowest BCUT2D eigenvalue weighted by atomic mass is 10.1. The van der Waals surface area contributed by atoms with Gasteiger partial charge in [-0.3, -0.25) is 0 Å². The van der Waals surface area contributed by atoms with E-state index < -0.39 is 0 Å². The molecule has 6 heteroatoms. The van der Waals surface area contributed by atoms with Crippen LogP contribution in [0.15, 0.2) is 66.7 Å². The number of aliphatic hydroxyl groups is 1. The molecule has 0 saturated heterocycles. The first-order valence-electron chi connectivity index (χ1n) is 10.4. The van der Waals surface area contributed by atoms with Gasteiger partial charge in [0.15, 0.2) is 0 Å². The molecule has 1 aromatic heterocycles. The predicted molar refractivity (Wildman–Crippen MR) is 126 cm³/mol. The second-order valence-corrected chi connectivity index (χ2v) is 7.89. The number of halogens is 1. The van der Waals surface area contributed by atoms with Gasteiger partial charge in [0.25, 0.3) is 0 Å². The molecule has 0 spiro atoms. The lowest BCUT2D eigenvalue weighted by molar-refractivity contribution is 0.267. The zero-order valence-corrected chi connectivity index (χ0v) is 18.4. The number of anilines is 1. The average Bonchev–Trinajstić information content (AvgIpc) is 3.13. The Bertz CT molecular complexity index is 1170. The predicted octanol–water partition coefficient (Wildman–Crippen LogP) is 5.80. The van der Waals surface area contributed by atoms with E-state index in [0.29, 0.717) is 23.9 Å². The Morgan fingerprint density at radius 1 is 1.10 bits per heavy atom. The molecule has 0 saturated carbocycles. The summed E-state index contributed by atoms with van der Waals surface area (Å²) < 4.78 is 7.81. The van der Waals surface area contributed by atoms with E-state index in [2.05, 4.69) is 28.9 Å². The zero-order chi connectivity index (χ0) is 21.8. The topological polar surface area (TPSA) is 59.3 Å². The number of nitrogens with one attached hydrogen (secondary N) is 1. The first-order valence-corrected chi connectivity index (χ1v) is 10.8. The highest BCUT2D eigenvalue weighted by molar-refractivity contribution is 6.31. The van der Waals surface area contributed by atoms with Crippen LogP contribution >= 0.6 is 11.6 Å². The van der Waals surface area contributed by atoms with Crippen LogP contribution in [0.4, 0.5) is 5.69 Å². The number of aliphatic hydroxyl groups excluding tert-OH is 1. The van der Waals surface area contributed by atoms with Crippen LogP contribution in [0.25, 0.3) is 11.0 Å². The van der Waals surface area contributed by atoms with Crippen LogP contribution < -0.4 is 10.1 Å². The van der Waals surface area contributed by atoms with E-state index in [9.17, 15) is 5.11 Å². The number of nitrogens with zero attached hydrogens (tertiary/aromatic N) is 2. The van der Waals surface area contributed by atoms with Gasteiger partial charge in [0.1, 0.15) is 11.6 Å². The maximum absolute atomic E-state index is 9.71. The van der Waals surface area contributed by atoms with Gasteiger partial charge < -0.3 is 19.7 Å². The smallest absolute Gasteiger partial charge is 0.132 e. The fourth-order valence-corrected chi connectivity index (χ4v) is 3.95. The largest absolute Gasteiger partial charge is 0.494 e. The van der Waals surface area contributed by atoms with Crippen molar-refractivity contribution in [1.29, 1.82) is 0 Å². The molecule has 31 heavy (non-hydrogen) atoms. The molecule has 0 aliphatic rings. The van der Waals surface area contributed by atoms with E-state index in [1.807, 2.05) is 61.5 Å². The van der Waals surface area contributed by atoms with Gasteiger partial charge >= 0.3 is 0 Å². The van der Waals surface area contributed by atoms with Crippen molar-refractivity contribution in [3.8, 4) is 5.75 Å². The second kappa shape index (κ2) is 9.41. The van der Waals surface area contributed by atoms with E-state index in [1.165, 1.54) is 5.56 Å². The summed E-state index contributed by atoms with van der Waals surface area (Å²) in [6.07, 6.45) is 0. The summed E-state index contributed by atoms with van der Waals surface area (Å²) in [6, 6.07) is 21.8. The van der Waals surface area contributed by atoms with E-state index in [0.717, 1.165) is 28.1 Å². The zero-order valence-electron chi connectivity index (χ0n) is 17.7. The van der Waals surface area contributed by atoms with Gasteiger partial charge in [-0.25, -0.2) is 4.98 Å². The third-order valence-corrected chi connectivity index (χ3v) is 5.46. The van der Waals surface area contributed by atoms with Crippen LogP contribution in [-0.4, -0.2) is 21.3 Å². The summed E-state index contributed by atoms with van der Waals surface area (Å²) in [5.74, 6) is 1.62. The number of hydrogen-bond donors (Lipinski definition) is 2. The van der Waals surface area contributed by atoms with Crippen molar-refractivity contribution in [2.75, 3.05) is 11.9 Å². The third kappa shape index (κ3) is 4.68. The van der Waals surface area contributed by atoms with Crippen molar-refractivity contribution in [1.82, 2.24) is 9.55 Å². The summed E-state index contributed by atoms with van der Waals surface area (Å²) in [6.45, 7) is 5.20. The van der Waals surface area contributed by atoms with E-state index in [-0.39, 0.29) is 12.6 Å². The summed E-state index contributed by atoms with van der Waals surface area (Å²) >= 11 is 6.22. The molecule has 4 rings (SSSR count). The fourth-order valence-electron chi connectivity index (χ4n) is 3.79. The Hall–Kier alpha value is -3.02.